The van der Waals surface area contributed by atoms with Crippen LogP contribution in [-0.2, 0) is 10.0 Å². The van der Waals surface area contributed by atoms with Gasteiger partial charge in [0.15, 0.2) is 0 Å². The number of sulfonamides is 1. The lowest BCUT2D eigenvalue weighted by atomic mass is 10.1. The first-order valence-electron chi connectivity index (χ1n) is 4.79. The van der Waals surface area contributed by atoms with Gasteiger partial charge in [0.1, 0.15) is 4.90 Å². The Morgan fingerprint density at radius 3 is 2.59 bits per heavy atom. The van der Waals surface area contributed by atoms with E-state index in [2.05, 4.69) is 5.32 Å². The lowest BCUT2D eigenvalue weighted by Gasteiger charge is -2.06. The Morgan fingerprint density at radius 2 is 2.00 bits per heavy atom. The number of hydrogen-bond acceptors (Lipinski definition) is 4. The van der Waals surface area contributed by atoms with Crippen LogP contribution >= 0.6 is 0 Å². The van der Waals surface area contributed by atoms with Crippen LogP contribution in [0, 0.1) is 0 Å². The lowest BCUT2D eigenvalue weighted by molar-refractivity contribution is 0.0890. The molecule has 0 fully saturated rings. The van der Waals surface area contributed by atoms with Gasteiger partial charge in [0.25, 0.3) is 21.8 Å². The summed E-state index contributed by atoms with van der Waals surface area (Å²) in [6.45, 7) is 0. The molecule has 1 heterocycles. The molecule has 90 valence electrons. The predicted octanol–water partition coefficient (Wildman–Crippen LogP) is -0.179. The van der Waals surface area contributed by atoms with E-state index >= 15 is 0 Å². The molecule has 1 aliphatic heterocycles. The van der Waals surface area contributed by atoms with Gasteiger partial charge in [0.2, 0.25) is 0 Å². The zero-order chi connectivity index (χ0) is 12.8. The van der Waals surface area contributed by atoms with Gasteiger partial charge in [0.05, 0.1) is 5.56 Å². The highest BCUT2D eigenvalue weighted by Crippen LogP contribution is 2.29. The minimum absolute atomic E-state index is 0.0974. The molecule has 2 amide bonds. The maximum atomic E-state index is 11.8. The molecule has 1 aliphatic rings. The van der Waals surface area contributed by atoms with Crippen molar-refractivity contribution >= 4 is 21.8 Å². The molecular formula is C10H10N2O4S. The summed E-state index contributed by atoms with van der Waals surface area (Å²) in [6.07, 6.45) is 0. The van der Waals surface area contributed by atoms with Crippen LogP contribution in [0.15, 0.2) is 23.1 Å². The van der Waals surface area contributed by atoms with Gasteiger partial charge in [0, 0.05) is 19.7 Å². The number of fused-ring (bicyclic) bond motifs is 1. The number of benzene rings is 1. The normalized spacial score (nSPS) is 16.8. The quantitative estimate of drug-likeness (QED) is 0.753. The van der Waals surface area contributed by atoms with Crippen LogP contribution in [0.4, 0.5) is 0 Å². The topological polar surface area (TPSA) is 83.6 Å². The van der Waals surface area contributed by atoms with Crippen molar-refractivity contribution in [3.8, 4) is 0 Å². The summed E-state index contributed by atoms with van der Waals surface area (Å²) < 4.78 is 24.3. The molecule has 1 N–H and O–H groups in total. The Labute approximate surface area is 98.3 Å². The number of rotatable bonds is 1. The fraction of sp³-hybridized carbons (Fsp3) is 0.200. The van der Waals surface area contributed by atoms with Gasteiger partial charge in [-0.3, -0.25) is 9.59 Å². The van der Waals surface area contributed by atoms with Crippen molar-refractivity contribution in [3.63, 3.8) is 0 Å². The Hall–Kier alpha value is -1.89. The second-order valence-electron chi connectivity index (χ2n) is 3.57. The molecule has 0 saturated carbocycles. The molecule has 0 atom stereocenters. The number of hydrogen-bond donors (Lipinski definition) is 1. The van der Waals surface area contributed by atoms with Crippen molar-refractivity contribution in [1.29, 1.82) is 0 Å². The number of nitrogens with one attached hydrogen (secondary N) is 1. The highest BCUT2D eigenvalue weighted by Gasteiger charge is 2.38. The van der Waals surface area contributed by atoms with E-state index in [1.807, 2.05) is 0 Å². The van der Waals surface area contributed by atoms with Crippen LogP contribution in [0.1, 0.15) is 20.7 Å². The third-order valence-electron chi connectivity index (χ3n) is 2.63. The summed E-state index contributed by atoms with van der Waals surface area (Å²) in [5.41, 5.74) is 0.304. The molecule has 0 aromatic heterocycles. The first-order chi connectivity index (χ1) is 7.89. The highest BCUT2D eigenvalue weighted by atomic mass is 32.2. The van der Waals surface area contributed by atoms with E-state index in [9.17, 15) is 18.0 Å². The van der Waals surface area contributed by atoms with E-state index in [0.29, 0.717) is 4.31 Å². The SMILES string of the molecule is CNC(=O)c1ccc2c(c1)S(=O)(=O)N(C)C2=O. The molecule has 0 unspecified atom stereocenters. The molecule has 0 radical (unpaired) electrons. The molecule has 0 spiro atoms. The Morgan fingerprint density at radius 1 is 1.35 bits per heavy atom. The van der Waals surface area contributed by atoms with Crippen LogP contribution in [0.2, 0.25) is 0 Å². The average molecular weight is 254 g/mol. The van der Waals surface area contributed by atoms with Crippen molar-refractivity contribution in [2.45, 2.75) is 4.90 Å². The fourth-order valence-electron chi connectivity index (χ4n) is 1.62. The van der Waals surface area contributed by atoms with Crippen LogP contribution in [-0.4, -0.2) is 38.6 Å². The third-order valence-corrected chi connectivity index (χ3v) is 4.41. The van der Waals surface area contributed by atoms with Crippen LogP contribution in [0.25, 0.3) is 0 Å². The van der Waals surface area contributed by atoms with Crippen molar-refractivity contribution < 1.29 is 18.0 Å². The molecule has 0 saturated heterocycles. The molecule has 2 rings (SSSR count). The second kappa shape index (κ2) is 3.56. The van der Waals surface area contributed by atoms with Gasteiger partial charge >= 0.3 is 0 Å². The zero-order valence-electron chi connectivity index (χ0n) is 9.22. The smallest absolute Gasteiger partial charge is 0.268 e. The van der Waals surface area contributed by atoms with Gasteiger partial charge in [-0.1, -0.05) is 0 Å². The lowest BCUT2D eigenvalue weighted by Crippen LogP contribution is -2.24. The second-order valence-corrected chi connectivity index (χ2v) is 5.51. The van der Waals surface area contributed by atoms with E-state index in [1.54, 1.807) is 0 Å². The summed E-state index contributed by atoms with van der Waals surface area (Å²) in [5.74, 6) is -0.978. The van der Waals surface area contributed by atoms with E-state index in [4.69, 9.17) is 0 Å². The maximum Gasteiger partial charge on any atom is 0.268 e. The van der Waals surface area contributed by atoms with Crippen molar-refractivity contribution in [1.82, 2.24) is 9.62 Å². The van der Waals surface area contributed by atoms with E-state index in [1.165, 1.54) is 32.3 Å². The van der Waals surface area contributed by atoms with E-state index in [-0.39, 0.29) is 16.0 Å². The largest absolute Gasteiger partial charge is 0.355 e. The Bertz CT molecular complexity index is 621. The zero-order valence-corrected chi connectivity index (χ0v) is 10.0. The monoisotopic (exact) mass is 254 g/mol. The van der Waals surface area contributed by atoms with Crippen molar-refractivity contribution in [3.05, 3.63) is 29.3 Å². The standard InChI is InChI=1S/C10H10N2O4S/c1-11-9(13)6-3-4-7-8(5-6)17(15,16)12(2)10(7)14/h3-5H,1-2H3,(H,11,13). The first-order valence-corrected chi connectivity index (χ1v) is 6.23. The summed E-state index contributed by atoms with van der Waals surface area (Å²) >= 11 is 0. The molecule has 0 bridgehead atoms. The number of amides is 2. The number of carbonyl (C=O) groups is 2. The average Bonchev–Trinajstić information content (AvgIpc) is 2.50. The first kappa shape index (κ1) is 11.6. The van der Waals surface area contributed by atoms with Gasteiger partial charge in [-0.05, 0) is 18.2 Å². The Kier molecular flexibility index (Phi) is 2.43. The number of nitrogens with zero attached hydrogens (tertiary/aromatic N) is 1. The summed E-state index contributed by atoms with van der Waals surface area (Å²) in [5, 5.41) is 2.39. The Balaban J connectivity index is 2.67. The molecule has 6 nitrogen and oxygen atoms in total. The van der Waals surface area contributed by atoms with Crippen LogP contribution in [0.5, 0.6) is 0 Å². The van der Waals surface area contributed by atoms with E-state index in [0.717, 1.165) is 0 Å². The molecule has 1 aromatic carbocycles. The molecule has 17 heavy (non-hydrogen) atoms. The van der Waals surface area contributed by atoms with Gasteiger partial charge < -0.3 is 5.32 Å². The minimum Gasteiger partial charge on any atom is -0.355 e. The van der Waals surface area contributed by atoms with Crippen LogP contribution in [0.3, 0.4) is 0 Å². The predicted molar refractivity (Wildman–Crippen MR) is 59.1 cm³/mol. The summed E-state index contributed by atoms with van der Waals surface area (Å²) in [4.78, 5) is 22.9. The number of carbonyl (C=O) groups excluding carboxylic acids is 2. The minimum atomic E-state index is -3.79. The molecule has 7 heteroatoms. The summed E-state index contributed by atoms with van der Waals surface area (Å²) in [6, 6.07) is 3.98. The van der Waals surface area contributed by atoms with Crippen LogP contribution < -0.4 is 5.32 Å². The van der Waals surface area contributed by atoms with Gasteiger partial charge in [-0.25, -0.2) is 12.7 Å². The summed E-state index contributed by atoms with van der Waals surface area (Å²) in [7, 11) is -1.16. The van der Waals surface area contributed by atoms with Crippen molar-refractivity contribution in [2.24, 2.45) is 0 Å². The van der Waals surface area contributed by atoms with E-state index < -0.39 is 21.8 Å². The molecular weight excluding hydrogens is 244 g/mol. The third kappa shape index (κ3) is 1.50. The maximum absolute atomic E-state index is 11.8. The van der Waals surface area contributed by atoms with Crippen molar-refractivity contribution in [2.75, 3.05) is 14.1 Å². The van der Waals surface area contributed by atoms with Gasteiger partial charge in [-0.2, -0.15) is 0 Å². The molecule has 0 aliphatic carbocycles. The van der Waals surface area contributed by atoms with Gasteiger partial charge in [-0.15, -0.1) is 0 Å². The fourth-order valence-corrected chi connectivity index (χ4v) is 2.95. The molecule has 1 aromatic rings. The highest BCUT2D eigenvalue weighted by molar-refractivity contribution is 7.90.